The molecule has 6 nitrogen and oxygen atoms in total. The lowest BCUT2D eigenvalue weighted by molar-refractivity contribution is -0.136. The van der Waals surface area contributed by atoms with E-state index in [4.69, 9.17) is 14.6 Å². The van der Waals surface area contributed by atoms with Crippen LogP contribution in [0.15, 0.2) is 54.6 Å². The van der Waals surface area contributed by atoms with Crippen LogP contribution in [-0.4, -0.2) is 39.8 Å². The maximum absolute atomic E-state index is 13.2. The van der Waals surface area contributed by atoms with Crippen LogP contribution < -0.4 is 4.74 Å². The van der Waals surface area contributed by atoms with Crippen molar-refractivity contribution in [2.24, 2.45) is 13.0 Å². The molecule has 174 valence electrons. The van der Waals surface area contributed by atoms with Crippen molar-refractivity contribution >= 4 is 5.91 Å². The van der Waals surface area contributed by atoms with E-state index in [1.54, 1.807) is 4.68 Å². The molecule has 0 aliphatic carbocycles. The van der Waals surface area contributed by atoms with E-state index in [0.717, 1.165) is 47.6 Å². The second-order valence-electron chi connectivity index (χ2n) is 9.05. The number of hydrogen-bond acceptors (Lipinski definition) is 4. The summed E-state index contributed by atoms with van der Waals surface area (Å²) in [5.41, 5.74) is 3.85. The zero-order valence-electron chi connectivity index (χ0n) is 20.0. The van der Waals surface area contributed by atoms with Crippen molar-refractivity contribution < 1.29 is 14.3 Å². The van der Waals surface area contributed by atoms with Gasteiger partial charge in [-0.15, -0.1) is 0 Å². The highest BCUT2D eigenvalue weighted by molar-refractivity contribution is 5.78. The van der Waals surface area contributed by atoms with Crippen LogP contribution in [-0.2, 0) is 23.1 Å². The van der Waals surface area contributed by atoms with Gasteiger partial charge in [0.15, 0.2) is 0 Å². The largest absolute Gasteiger partial charge is 0.439 e. The molecule has 1 saturated heterocycles. The number of aromatic nitrogens is 2. The van der Waals surface area contributed by atoms with Crippen molar-refractivity contribution in [3.63, 3.8) is 0 Å². The smallest absolute Gasteiger partial charge is 0.225 e. The molecule has 2 aromatic carbocycles. The van der Waals surface area contributed by atoms with Crippen LogP contribution >= 0.6 is 0 Å². The first-order chi connectivity index (χ1) is 15.9. The highest BCUT2D eigenvalue weighted by atomic mass is 16.5. The summed E-state index contributed by atoms with van der Waals surface area (Å²) in [6.07, 6.45) is 2.09. The molecule has 33 heavy (non-hydrogen) atoms. The van der Waals surface area contributed by atoms with Gasteiger partial charge in [0.05, 0.1) is 18.2 Å². The number of amides is 1. The van der Waals surface area contributed by atoms with Gasteiger partial charge in [-0.2, -0.15) is 5.10 Å². The number of rotatable bonds is 8. The van der Waals surface area contributed by atoms with Crippen molar-refractivity contribution in [2.75, 3.05) is 13.2 Å². The molecule has 1 fully saturated rings. The molecular formula is C27H33N3O3. The highest BCUT2D eigenvalue weighted by Gasteiger charge is 2.28. The summed E-state index contributed by atoms with van der Waals surface area (Å²) in [4.78, 5) is 15.1. The van der Waals surface area contributed by atoms with Crippen LogP contribution in [0.3, 0.4) is 0 Å². The molecule has 0 radical (unpaired) electrons. The van der Waals surface area contributed by atoms with Crippen LogP contribution in [0.1, 0.15) is 37.8 Å². The molecule has 1 atom stereocenters. The number of ether oxygens (including phenoxy) is 2. The van der Waals surface area contributed by atoms with Gasteiger partial charge in [0, 0.05) is 31.7 Å². The monoisotopic (exact) mass is 447 g/mol. The molecule has 6 heteroatoms. The lowest BCUT2D eigenvalue weighted by atomic mass is 10.1. The minimum absolute atomic E-state index is 0.0747. The average Bonchev–Trinajstić information content (AvgIpc) is 3.42. The topological polar surface area (TPSA) is 56.6 Å². The van der Waals surface area contributed by atoms with E-state index < -0.39 is 0 Å². The molecule has 4 rings (SSSR count). The molecule has 1 aliphatic rings. The minimum Gasteiger partial charge on any atom is -0.439 e. The molecule has 2 heterocycles. The second kappa shape index (κ2) is 10.2. The zero-order chi connectivity index (χ0) is 23.4. The van der Waals surface area contributed by atoms with Crippen molar-refractivity contribution in [3.8, 4) is 22.9 Å². The third-order valence-electron chi connectivity index (χ3n) is 5.94. The Bertz CT molecular complexity index is 1090. The third-order valence-corrected chi connectivity index (χ3v) is 5.94. The quantitative estimate of drug-likeness (QED) is 0.467. The first-order valence-electron chi connectivity index (χ1n) is 11.7. The van der Waals surface area contributed by atoms with Gasteiger partial charge in [0.2, 0.25) is 11.8 Å². The van der Waals surface area contributed by atoms with Gasteiger partial charge in [-0.3, -0.25) is 4.79 Å². The number of nitrogens with zero attached hydrogens (tertiary/aromatic N) is 3. The number of hydrogen-bond donors (Lipinski definition) is 0. The maximum Gasteiger partial charge on any atom is 0.225 e. The normalized spacial score (nSPS) is 15.7. The summed E-state index contributed by atoms with van der Waals surface area (Å²) >= 11 is 0. The highest BCUT2D eigenvalue weighted by Crippen LogP contribution is 2.35. The SMILES string of the molecule is Cc1cccc(Oc2c(CN(CC3CCCO3)C(=O)C(C)C)c(-c3ccccc3)nn2C)c1. The minimum atomic E-state index is -0.107. The first-order valence-corrected chi connectivity index (χ1v) is 11.7. The lowest BCUT2D eigenvalue weighted by Crippen LogP contribution is -2.39. The number of carbonyl (C=O) groups is 1. The summed E-state index contributed by atoms with van der Waals surface area (Å²) in [7, 11) is 1.88. The maximum atomic E-state index is 13.2. The van der Waals surface area contributed by atoms with Crippen LogP contribution in [0.4, 0.5) is 0 Å². The van der Waals surface area contributed by atoms with Crippen molar-refractivity contribution in [3.05, 3.63) is 65.7 Å². The average molecular weight is 448 g/mol. The van der Waals surface area contributed by atoms with E-state index in [1.807, 2.05) is 87.3 Å². The van der Waals surface area contributed by atoms with Gasteiger partial charge in [-0.1, -0.05) is 56.3 Å². The van der Waals surface area contributed by atoms with E-state index in [0.29, 0.717) is 19.0 Å². The fraction of sp³-hybridized carbons (Fsp3) is 0.407. The van der Waals surface area contributed by atoms with Gasteiger partial charge < -0.3 is 14.4 Å². The van der Waals surface area contributed by atoms with Gasteiger partial charge in [-0.05, 0) is 37.5 Å². The Hall–Kier alpha value is -3.12. The molecule has 1 amide bonds. The third kappa shape index (κ3) is 5.45. The number of carbonyl (C=O) groups excluding carboxylic acids is 1. The summed E-state index contributed by atoms with van der Waals surface area (Å²) < 4.78 is 14.0. The summed E-state index contributed by atoms with van der Waals surface area (Å²) in [5, 5.41) is 4.81. The molecule has 1 aliphatic heterocycles. The van der Waals surface area contributed by atoms with Gasteiger partial charge in [0.1, 0.15) is 11.4 Å². The molecule has 3 aromatic rings. The fourth-order valence-electron chi connectivity index (χ4n) is 4.26. The Morgan fingerprint density at radius 3 is 2.67 bits per heavy atom. The Morgan fingerprint density at radius 1 is 1.21 bits per heavy atom. The summed E-state index contributed by atoms with van der Waals surface area (Å²) in [6, 6.07) is 18.0. The predicted octanol–water partition coefficient (Wildman–Crippen LogP) is 5.35. The van der Waals surface area contributed by atoms with E-state index in [-0.39, 0.29) is 17.9 Å². The fourth-order valence-corrected chi connectivity index (χ4v) is 4.26. The number of benzene rings is 2. The van der Waals surface area contributed by atoms with Gasteiger partial charge in [0.25, 0.3) is 0 Å². The van der Waals surface area contributed by atoms with E-state index in [9.17, 15) is 4.79 Å². The van der Waals surface area contributed by atoms with Gasteiger partial charge in [-0.25, -0.2) is 4.68 Å². The Balaban J connectivity index is 1.74. The Kier molecular flexibility index (Phi) is 7.14. The summed E-state index contributed by atoms with van der Waals surface area (Å²) in [5.74, 6) is 1.40. The van der Waals surface area contributed by atoms with E-state index in [2.05, 4.69) is 0 Å². The van der Waals surface area contributed by atoms with Gasteiger partial charge >= 0.3 is 0 Å². The Morgan fingerprint density at radius 2 is 2.00 bits per heavy atom. The van der Waals surface area contributed by atoms with Crippen molar-refractivity contribution in [1.82, 2.24) is 14.7 Å². The Labute approximate surface area is 196 Å². The van der Waals surface area contributed by atoms with Crippen molar-refractivity contribution in [2.45, 2.75) is 46.3 Å². The van der Waals surface area contributed by atoms with Crippen LogP contribution in [0.5, 0.6) is 11.6 Å². The summed E-state index contributed by atoms with van der Waals surface area (Å²) in [6.45, 7) is 7.67. The molecule has 1 aromatic heterocycles. The standard InChI is InChI=1S/C27H33N3O3/c1-19(2)26(31)30(17-23-14-9-15-32-23)18-24-25(21-11-6-5-7-12-21)28-29(4)27(24)33-22-13-8-10-20(3)16-22/h5-8,10-13,16,19,23H,9,14-15,17-18H2,1-4H3. The predicted molar refractivity (Wildman–Crippen MR) is 129 cm³/mol. The molecule has 0 spiro atoms. The van der Waals surface area contributed by atoms with Crippen molar-refractivity contribution in [1.29, 1.82) is 0 Å². The molecule has 0 N–H and O–H groups in total. The number of aryl methyl sites for hydroxylation is 2. The second-order valence-corrected chi connectivity index (χ2v) is 9.05. The van der Waals surface area contributed by atoms with Crippen LogP contribution in [0.25, 0.3) is 11.3 Å². The molecular weight excluding hydrogens is 414 g/mol. The molecule has 0 bridgehead atoms. The lowest BCUT2D eigenvalue weighted by Gasteiger charge is -2.27. The van der Waals surface area contributed by atoms with E-state index in [1.165, 1.54) is 0 Å². The van der Waals surface area contributed by atoms with E-state index >= 15 is 0 Å². The molecule has 0 saturated carbocycles. The first kappa shape index (κ1) is 23.1. The molecule has 1 unspecified atom stereocenters. The zero-order valence-corrected chi connectivity index (χ0v) is 20.0. The van der Waals surface area contributed by atoms with Crippen LogP contribution in [0.2, 0.25) is 0 Å². The van der Waals surface area contributed by atoms with Crippen LogP contribution in [0, 0.1) is 12.8 Å².